The van der Waals surface area contributed by atoms with Crippen LogP contribution in [0.3, 0.4) is 0 Å². The highest BCUT2D eigenvalue weighted by molar-refractivity contribution is 7.89. The van der Waals surface area contributed by atoms with Gasteiger partial charge in [-0.25, -0.2) is 8.42 Å². The van der Waals surface area contributed by atoms with Gasteiger partial charge in [0.2, 0.25) is 10.0 Å². The molecule has 5 heteroatoms. The molecule has 0 bridgehead atoms. The van der Waals surface area contributed by atoms with Crippen molar-refractivity contribution in [3.05, 3.63) is 76.3 Å². The van der Waals surface area contributed by atoms with Gasteiger partial charge in [-0.3, -0.25) is 0 Å². The molecule has 2 aromatic carbocycles. The summed E-state index contributed by atoms with van der Waals surface area (Å²) in [5.74, 6) is 0.507. The lowest BCUT2D eigenvalue weighted by Gasteiger charge is -2.24. The van der Waals surface area contributed by atoms with Crippen LogP contribution in [-0.2, 0) is 10.0 Å². The molecule has 3 nitrogen and oxygen atoms in total. The fourth-order valence-electron chi connectivity index (χ4n) is 4.64. The molecule has 0 radical (unpaired) electrons. The summed E-state index contributed by atoms with van der Waals surface area (Å²) in [6.07, 6.45) is 0. The molecule has 0 unspecified atom stereocenters. The minimum Gasteiger partial charge on any atom is -0.207 e. The Bertz CT molecular complexity index is 994. The third-order valence-corrected chi connectivity index (χ3v) is 8.57. The molecule has 1 saturated carbocycles. The number of sulfonamides is 1. The molecule has 2 fully saturated rings. The smallest absolute Gasteiger partial charge is 0.207 e. The van der Waals surface area contributed by atoms with Crippen LogP contribution in [0.1, 0.15) is 30.9 Å². The van der Waals surface area contributed by atoms with Crippen LogP contribution in [0.5, 0.6) is 0 Å². The largest absolute Gasteiger partial charge is 0.243 e. The lowest BCUT2D eigenvalue weighted by Crippen LogP contribution is -2.33. The summed E-state index contributed by atoms with van der Waals surface area (Å²) < 4.78 is 27.9. The number of rotatable bonds is 4. The maximum atomic E-state index is 13.2. The number of hydrogen-bond donors (Lipinski definition) is 0. The van der Waals surface area contributed by atoms with Crippen LogP contribution in [-0.4, -0.2) is 25.8 Å². The van der Waals surface area contributed by atoms with Gasteiger partial charge >= 0.3 is 0 Å². The third-order valence-electron chi connectivity index (χ3n) is 6.01. The number of piperidine rings is 1. The van der Waals surface area contributed by atoms with E-state index in [2.05, 4.69) is 12.1 Å². The van der Waals surface area contributed by atoms with Crippen LogP contribution in [0.2, 0.25) is 0 Å². The van der Waals surface area contributed by atoms with Gasteiger partial charge in [0.25, 0.3) is 0 Å². The first kappa shape index (κ1) is 18.7. The zero-order valence-corrected chi connectivity index (χ0v) is 17.4. The Morgan fingerprint density at radius 3 is 2.30 bits per heavy atom. The van der Waals surface area contributed by atoms with Crippen LogP contribution in [0.25, 0.3) is 0 Å². The van der Waals surface area contributed by atoms with Crippen molar-refractivity contribution in [3.8, 4) is 0 Å². The van der Waals surface area contributed by atoms with Crippen molar-refractivity contribution in [2.24, 2.45) is 11.3 Å². The highest BCUT2D eigenvalue weighted by Gasteiger charge is 2.72. The molecule has 1 saturated heterocycles. The second-order valence-electron chi connectivity index (χ2n) is 7.96. The van der Waals surface area contributed by atoms with Gasteiger partial charge in [-0.05, 0) is 44.4 Å². The van der Waals surface area contributed by atoms with Crippen molar-refractivity contribution in [2.75, 3.05) is 13.1 Å². The van der Waals surface area contributed by atoms with E-state index in [-0.39, 0.29) is 17.3 Å². The van der Waals surface area contributed by atoms with Gasteiger partial charge in [-0.15, -0.1) is 0 Å². The number of nitrogens with zero attached hydrogens (tertiary/aromatic N) is 1. The maximum absolute atomic E-state index is 13.2. The Balaban J connectivity index is 1.69. The number of hydrogen-bond acceptors (Lipinski definition) is 2. The summed E-state index contributed by atoms with van der Waals surface area (Å²) in [6.45, 7) is 6.92. The zero-order chi connectivity index (χ0) is 19.4. The highest BCUT2D eigenvalue weighted by Crippen LogP contribution is 2.73. The quantitative estimate of drug-likeness (QED) is 0.728. The Kier molecular flexibility index (Phi) is 4.49. The minimum atomic E-state index is -3.51. The van der Waals surface area contributed by atoms with Gasteiger partial charge < -0.3 is 0 Å². The molecule has 4 rings (SSSR count). The third kappa shape index (κ3) is 2.86. The van der Waals surface area contributed by atoms with Crippen molar-refractivity contribution >= 4 is 21.6 Å². The highest BCUT2D eigenvalue weighted by atomic mass is 35.5. The second-order valence-corrected chi connectivity index (χ2v) is 10.3. The summed E-state index contributed by atoms with van der Waals surface area (Å²) >= 11 is 6.79. The maximum Gasteiger partial charge on any atom is 0.243 e. The number of halogens is 1. The average molecular weight is 402 g/mol. The van der Waals surface area contributed by atoms with Crippen molar-refractivity contribution < 1.29 is 8.42 Å². The Hall–Kier alpha value is -1.62. The van der Waals surface area contributed by atoms with E-state index in [0.29, 0.717) is 18.0 Å². The zero-order valence-electron chi connectivity index (χ0n) is 15.8. The first-order valence-electron chi connectivity index (χ1n) is 9.23. The molecule has 3 atom stereocenters. The van der Waals surface area contributed by atoms with E-state index < -0.39 is 10.0 Å². The first-order valence-corrected chi connectivity index (χ1v) is 11.1. The number of aryl methyl sites for hydroxylation is 1. The van der Waals surface area contributed by atoms with E-state index in [4.69, 9.17) is 11.6 Å². The van der Waals surface area contributed by atoms with E-state index in [0.717, 1.165) is 16.2 Å². The van der Waals surface area contributed by atoms with Crippen molar-refractivity contribution in [1.82, 2.24) is 4.31 Å². The second kappa shape index (κ2) is 6.47. The fourth-order valence-corrected chi connectivity index (χ4v) is 6.48. The molecular formula is C22H24ClNO2S. The molecule has 2 aromatic rings. The predicted octanol–water partition coefficient (Wildman–Crippen LogP) is 4.93. The monoisotopic (exact) mass is 401 g/mol. The lowest BCUT2D eigenvalue weighted by atomic mass is 9.96. The first-order chi connectivity index (χ1) is 12.8. The summed E-state index contributed by atoms with van der Waals surface area (Å²) in [5.41, 5.74) is 3.06. The molecule has 0 spiro atoms. The summed E-state index contributed by atoms with van der Waals surface area (Å²) in [5, 5.41) is 0.822. The molecular weight excluding hydrogens is 378 g/mol. The molecule has 1 heterocycles. The lowest BCUT2D eigenvalue weighted by molar-refractivity contribution is 0.411. The van der Waals surface area contributed by atoms with Gasteiger partial charge in [0.1, 0.15) is 0 Å². The van der Waals surface area contributed by atoms with Crippen LogP contribution in [0, 0.1) is 18.3 Å². The molecule has 1 aliphatic heterocycles. The molecule has 27 heavy (non-hydrogen) atoms. The van der Waals surface area contributed by atoms with Crippen LogP contribution in [0.15, 0.2) is 70.1 Å². The van der Waals surface area contributed by atoms with Gasteiger partial charge in [0.15, 0.2) is 0 Å². The van der Waals surface area contributed by atoms with Crippen LogP contribution in [0.4, 0.5) is 0 Å². The Morgan fingerprint density at radius 1 is 1.07 bits per heavy atom. The normalized spacial score (nSPS) is 27.3. The summed E-state index contributed by atoms with van der Waals surface area (Å²) in [6, 6.07) is 17.4. The van der Waals surface area contributed by atoms with E-state index in [9.17, 15) is 8.42 Å². The summed E-state index contributed by atoms with van der Waals surface area (Å²) in [4.78, 5) is 0.356. The summed E-state index contributed by atoms with van der Waals surface area (Å²) in [7, 11) is -3.51. The Labute approximate surface area is 166 Å². The number of fused-ring (bicyclic) bond motifs is 1. The fraction of sp³-hybridized carbons (Fsp3) is 0.364. The predicted molar refractivity (Wildman–Crippen MR) is 109 cm³/mol. The number of benzene rings is 2. The molecule has 142 valence electrons. The van der Waals surface area contributed by atoms with Gasteiger partial charge in [0, 0.05) is 29.5 Å². The van der Waals surface area contributed by atoms with E-state index in [1.807, 2.05) is 51.1 Å². The van der Waals surface area contributed by atoms with Crippen LogP contribution >= 0.6 is 11.6 Å². The topological polar surface area (TPSA) is 37.4 Å². The van der Waals surface area contributed by atoms with Gasteiger partial charge in [-0.2, -0.15) is 4.31 Å². The molecule has 0 aromatic heterocycles. The molecule has 2 aliphatic rings. The minimum absolute atomic E-state index is 0.225. The Morgan fingerprint density at radius 2 is 1.70 bits per heavy atom. The van der Waals surface area contributed by atoms with E-state index in [1.165, 1.54) is 5.56 Å². The van der Waals surface area contributed by atoms with Crippen molar-refractivity contribution in [1.29, 1.82) is 0 Å². The molecule has 0 N–H and O–H groups in total. The van der Waals surface area contributed by atoms with Gasteiger partial charge in [-0.1, -0.05) is 65.2 Å². The standard InChI is InChI=1S/C22H24ClNO2S/c1-15(2)21(23)22-14-24(27(25,26)18-11-9-16(3)10-12-18)13-19(22)20(22)17-7-5-4-6-8-17/h4-12,19-20H,13-14H2,1-3H3/t19-,20-,22+/m0/s1. The van der Waals surface area contributed by atoms with Gasteiger partial charge in [0.05, 0.1) is 4.90 Å². The van der Waals surface area contributed by atoms with Crippen molar-refractivity contribution in [2.45, 2.75) is 31.6 Å². The SMILES string of the molecule is CC(C)=C(Cl)[C@]12CN(S(=O)(=O)c3ccc(C)cc3)C[C@H]1[C@@H]2c1ccccc1. The van der Waals surface area contributed by atoms with Crippen LogP contribution < -0.4 is 0 Å². The van der Waals surface area contributed by atoms with E-state index in [1.54, 1.807) is 16.4 Å². The number of allylic oxidation sites excluding steroid dienone is 1. The molecule has 1 aliphatic carbocycles. The average Bonchev–Trinajstić information content (AvgIpc) is 3.11. The molecule has 0 amide bonds. The van der Waals surface area contributed by atoms with Crippen molar-refractivity contribution in [3.63, 3.8) is 0 Å². The van der Waals surface area contributed by atoms with E-state index >= 15 is 0 Å².